The molecular formula is C12H21NO. The third-order valence-electron chi connectivity index (χ3n) is 4.15. The van der Waals surface area contributed by atoms with Gasteiger partial charge >= 0.3 is 0 Å². The van der Waals surface area contributed by atoms with Crippen molar-refractivity contribution in [3.63, 3.8) is 0 Å². The van der Waals surface area contributed by atoms with Crippen LogP contribution in [0.1, 0.15) is 45.4 Å². The Morgan fingerprint density at radius 1 is 1.29 bits per heavy atom. The second kappa shape index (κ2) is 3.65. The molecule has 0 aliphatic heterocycles. The van der Waals surface area contributed by atoms with Gasteiger partial charge in [-0.2, -0.15) is 0 Å². The number of carbonyl (C=O) groups is 1. The van der Waals surface area contributed by atoms with Gasteiger partial charge in [-0.05, 0) is 31.6 Å². The summed E-state index contributed by atoms with van der Waals surface area (Å²) in [6.07, 6.45) is 6.79. The molecule has 2 N–H and O–H groups in total. The van der Waals surface area contributed by atoms with E-state index in [-0.39, 0.29) is 5.41 Å². The maximum absolute atomic E-state index is 12.1. The minimum Gasteiger partial charge on any atom is -0.329 e. The van der Waals surface area contributed by atoms with Gasteiger partial charge in [0.25, 0.3) is 0 Å². The highest BCUT2D eigenvalue weighted by Crippen LogP contribution is 2.49. The minimum atomic E-state index is -0.0642. The maximum Gasteiger partial charge on any atom is 0.143 e. The van der Waals surface area contributed by atoms with Crippen LogP contribution in [0.4, 0.5) is 0 Å². The summed E-state index contributed by atoms with van der Waals surface area (Å²) in [5.41, 5.74) is 5.62. The second-order valence-electron chi connectivity index (χ2n) is 5.31. The van der Waals surface area contributed by atoms with E-state index in [1.165, 1.54) is 12.8 Å². The normalized spacial score (nSPS) is 35.3. The van der Waals surface area contributed by atoms with Crippen molar-refractivity contribution < 1.29 is 4.79 Å². The molecule has 0 aromatic carbocycles. The number of carbonyl (C=O) groups excluding carboxylic acids is 1. The van der Waals surface area contributed by atoms with Crippen LogP contribution >= 0.6 is 0 Å². The number of hydrogen-bond donors (Lipinski definition) is 1. The molecule has 2 nitrogen and oxygen atoms in total. The largest absolute Gasteiger partial charge is 0.329 e. The second-order valence-corrected chi connectivity index (χ2v) is 5.31. The lowest BCUT2D eigenvalue weighted by Gasteiger charge is -2.27. The van der Waals surface area contributed by atoms with Gasteiger partial charge in [-0.25, -0.2) is 0 Å². The average Bonchev–Trinajstić information content (AvgIpc) is 2.99. The maximum atomic E-state index is 12.1. The van der Waals surface area contributed by atoms with Crippen LogP contribution < -0.4 is 5.73 Å². The van der Waals surface area contributed by atoms with Crippen LogP contribution in [-0.4, -0.2) is 12.3 Å². The van der Waals surface area contributed by atoms with Crippen LogP contribution in [0.15, 0.2) is 0 Å². The molecule has 0 aromatic heterocycles. The van der Waals surface area contributed by atoms with Crippen LogP contribution in [0.2, 0.25) is 0 Å². The topological polar surface area (TPSA) is 43.1 Å². The van der Waals surface area contributed by atoms with Crippen molar-refractivity contribution in [1.82, 2.24) is 0 Å². The zero-order valence-electron chi connectivity index (χ0n) is 9.09. The molecule has 0 unspecified atom stereocenters. The molecule has 0 atom stereocenters. The first-order valence-corrected chi connectivity index (χ1v) is 5.92. The lowest BCUT2D eigenvalue weighted by Crippen LogP contribution is -2.33. The molecule has 14 heavy (non-hydrogen) atoms. The Bertz CT molecular complexity index is 224. The van der Waals surface area contributed by atoms with Crippen LogP contribution in [0, 0.1) is 17.3 Å². The molecule has 2 rings (SSSR count). The molecule has 2 heteroatoms. The van der Waals surface area contributed by atoms with Gasteiger partial charge in [0.1, 0.15) is 5.78 Å². The zero-order chi connectivity index (χ0) is 10.2. The quantitative estimate of drug-likeness (QED) is 0.749. The van der Waals surface area contributed by atoms with E-state index in [0.717, 1.165) is 31.6 Å². The van der Waals surface area contributed by atoms with Crippen LogP contribution in [-0.2, 0) is 4.79 Å². The van der Waals surface area contributed by atoms with Crippen molar-refractivity contribution >= 4 is 5.78 Å². The van der Waals surface area contributed by atoms with E-state index in [1.807, 2.05) is 0 Å². The number of ketones is 1. The smallest absolute Gasteiger partial charge is 0.143 e. The first-order chi connectivity index (χ1) is 6.68. The zero-order valence-corrected chi connectivity index (χ0v) is 9.09. The molecule has 2 aliphatic carbocycles. The Kier molecular flexibility index (Phi) is 2.65. The Morgan fingerprint density at radius 2 is 1.86 bits per heavy atom. The van der Waals surface area contributed by atoms with E-state index in [4.69, 9.17) is 5.73 Å². The van der Waals surface area contributed by atoms with Crippen LogP contribution in [0.3, 0.4) is 0 Å². The molecule has 2 saturated carbocycles. The number of rotatable bonds is 3. The molecule has 0 radical (unpaired) electrons. The van der Waals surface area contributed by atoms with Crippen molar-refractivity contribution in [3.05, 3.63) is 0 Å². The molecule has 0 spiro atoms. The van der Waals surface area contributed by atoms with Crippen molar-refractivity contribution in [1.29, 1.82) is 0 Å². The van der Waals surface area contributed by atoms with Crippen molar-refractivity contribution in [2.45, 2.75) is 45.4 Å². The highest BCUT2D eigenvalue weighted by atomic mass is 16.1. The standard InChI is InChI=1S/C12H21NO/c1-9-2-4-10(5-3-9)11(14)12(8-13)6-7-12/h9-10H,2-8,13H2,1H3. The van der Waals surface area contributed by atoms with Gasteiger partial charge in [-0.3, -0.25) is 4.79 Å². The molecule has 80 valence electrons. The highest BCUT2D eigenvalue weighted by Gasteiger charge is 2.50. The Labute approximate surface area is 86.2 Å². The van der Waals surface area contributed by atoms with E-state index in [1.54, 1.807) is 0 Å². The van der Waals surface area contributed by atoms with E-state index in [9.17, 15) is 4.79 Å². The van der Waals surface area contributed by atoms with E-state index in [2.05, 4.69) is 6.92 Å². The van der Waals surface area contributed by atoms with Gasteiger partial charge in [-0.15, -0.1) is 0 Å². The van der Waals surface area contributed by atoms with E-state index < -0.39 is 0 Å². The Morgan fingerprint density at radius 3 is 2.29 bits per heavy atom. The summed E-state index contributed by atoms with van der Waals surface area (Å²) in [6.45, 7) is 2.87. The minimum absolute atomic E-state index is 0.0642. The summed E-state index contributed by atoms with van der Waals surface area (Å²) < 4.78 is 0. The summed E-state index contributed by atoms with van der Waals surface area (Å²) in [7, 11) is 0. The molecule has 0 heterocycles. The van der Waals surface area contributed by atoms with Gasteiger partial charge in [0.05, 0.1) is 0 Å². The monoisotopic (exact) mass is 195 g/mol. The molecule has 0 amide bonds. The Balaban J connectivity index is 1.92. The lowest BCUT2D eigenvalue weighted by molar-refractivity contribution is -0.129. The van der Waals surface area contributed by atoms with Gasteiger partial charge < -0.3 is 5.73 Å². The number of Topliss-reactive ketones (excluding diaryl/α,β-unsaturated/α-hetero) is 1. The predicted octanol–water partition coefficient (Wildman–Crippen LogP) is 2.12. The third kappa shape index (κ3) is 1.72. The fourth-order valence-electron chi connectivity index (χ4n) is 2.66. The summed E-state index contributed by atoms with van der Waals surface area (Å²) in [4.78, 5) is 12.1. The molecule has 0 saturated heterocycles. The van der Waals surface area contributed by atoms with Gasteiger partial charge in [0.2, 0.25) is 0 Å². The van der Waals surface area contributed by atoms with Crippen LogP contribution in [0.25, 0.3) is 0 Å². The summed E-state index contributed by atoms with van der Waals surface area (Å²) >= 11 is 0. The fourth-order valence-corrected chi connectivity index (χ4v) is 2.66. The van der Waals surface area contributed by atoms with Crippen molar-refractivity contribution in [2.75, 3.05) is 6.54 Å². The predicted molar refractivity (Wildman–Crippen MR) is 56.9 cm³/mol. The van der Waals surface area contributed by atoms with Crippen molar-refractivity contribution in [2.24, 2.45) is 23.0 Å². The number of hydrogen-bond acceptors (Lipinski definition) is 2. The summed E-state index contributed by atoms with van der Waals surface area (Å²) in [5.74, 6) is 1.66. The first kappa shape index (κ1) is 10.2. The van der Waals surface area contributed by atoms with E-state index in [0.29, 0.717) is 18.2 Å². The summed E-state index contributed by atoms with van der Waals surface area (Å²) in [6, 6.07) is 0. The van der Waals surface area contributed by atoms with Crippen molar-refractivity contribution in [3.8, 4) is 0 Å². The molecule has 0 aromatic rings. The highest BCUT2D eigenvalue weighted by molar-refractivity contribution is 5.89. The lowest BCUT2D eigenvalue weighted by atomic mass is 9.77. The first-order valence-electron chi connectivity index (χ1n) is 5.92. The molecule has 0 bridgehead atoms. The van der Waals surface area contributed by atoms with Crippen LogP contribution in [0.5, 0.6) is 0 Å². The van der Waals surface area contributed by atoms with E-state index >= 15 is 0 Å². The molecular weight excluding hydrogens is 174 g/mol. The van der Waals surface area contributed by atoms with Gasteiger partial charge in [-0.1, -0.05) is 19.8 Å². The summed E-state index contributed by atoms with van der Waals surface area (Å²) in [5, 5.41) is 0. The molecule has 2 fully saturated rings. The average molecular weight is 195 g/mol. The Hall–Kier alpha value is -0.370. The number of nitrogens with two attached hydrogens (primary N) is 1. The third-order valence-corrected chi connectivity index (χ3v) is 4.15. The fraction of sp³-hybridized carbons (Fsp3) is 0.917. The van der Waals surface area contributed by atoms with Gasteiger partial charge in [0.15, 0.2) is 0 Å². The molecule has 2 aliphatic rings. The SMILES string of the molecule is CC1CCC(C(=O)C2(CN)CC2)CC1. The van der Waals surface area contributed by atoms with Gasteiger partial charge in [0, 0.05) is 17.9 Å².